The van der Waals surface area contributed by atoms with Crippen molar-refractivity contribution >= 4 is 27.6 Å². The average molecular weight is 350 g/mol. The number of fused-ring (bicyclic) bond motifs is 1. The lowest BCUT2D eigenvalue weighted by Gasteiger charge is -2.10. The van der Waals surface area contributed by atoms with E-state index in [0.717, 1.165) is 15.8 Å². The molecule has 0 aromatic heterocycles. The minimum Gasteiger partial charge on any atom is -0.478 e. The largest absolute Gasteiger partial charge is 0.478 e. The van der Waals surface area contributed by atoms with E-state index in [1.54, 1.807) is 18.2 Å². The van der Waals surface area contributed by atoms with Crippen molar-refractivity contribution in [1.82, 2.24) is 0 Å². The first-order valence-electron chi connectivity index (χ1n) is 6.29. The number of halogens is 1. The van der Waals surface area contributed by atoms with Crippen LogP contribution in [0, 0.1) is 0 Å². The Balaban J connectivity index is 1.77. The van der Waals surface area contributed by atoms with Crippen LogP contribution in [0.5, 0.6) is 11.5 Å². The Morgan fingerprint density at radius 2 is 2.00 bits per heavy atom. The van der Waals surface area contributed by atoms with Crippen molar-refractivity contribution in [1.29, 1.82) is 0 Å². The van der Waals surface area contributed by atoms with Crippen molar-refractivity contribution in [2.45, 2.75) is 6.54 Å². The van der Waals surface area contributed by atoms with Gasteiger partial charge in [0.15, 0.2) is 11.5 Å². The maximum absolute atomic E-state index is 11.2. The summed E-state index contributed by atoms with van der Waals surface area (Å²) in [4.78, 5) is 11.2. The summed E-state index contributed by atoms with van der Waals surface area (Å²) in [6.45, 7) is 0.737. The van der Waals surface area contributed by atoms with Gasteiger partial charge in [0.1, 0.15) is 0 Å². The average Bonchev–Trinajstić information content (AvgIpc) is 2.93. The van der Waals surface area contributed by atoms with E-state index in [0.29, 0.717) is 18.0 Å². The summed E-state index contributed by atoms with van der Waals surface area (Å²) in [6.07, 6.45) is 0. The maximum Gasteiger partial charge on any atom is 0.337 e. The lowest BCUT2D eigenvalue weighted by molar-refractivity contribution is 0.0698. The van der Waals surface area contributed by atoms with Crippen LogP contribution in [0.2, 0.25) is 0 Å². The molecule has 5 nitrogen and oxygen atoms in total. The number of carboxylic acids is 1. The summed E-state index contributed by atoms with van der Waals surface area (Å²) in [6, 6.07) is 10.8. The number of rotatable bonds is 4. The Morgan fingerprint density at radius 3 is 2.81 bits per heavy atom. The first kappa shape index (κ1) is 13.8. The van der Waals surface area contributed by atoms with Crippen molar-refractivity contribution < 1.29 is 19.4 Å². The summed E-state index contributed by atoms with van der Waals surface area (Å²) in [5.74, 6) is 0.474. The molecule has 0 saturated carbocycles. The molecule has 21 heavy (non-hydrogen) atoms. The van der Waals surface area contributed by atoms with Gasteiger partial charge < -0.3 is 19.9 Å². The molecule has 1 aliphatic rings. The first-order valence-corrected chi connectivity index (χ1v) is 7.08. The SMILES string of the molecule is O=C(O)c1cc(Br)ccc1NCc1ccc2c(c1)OCO2. The Kier molecular flexibility index (Phi) is 3.70. The van der Waals surface area contributed by atoms with Gasteiger partial charge in [0.2, 0.25) is 6.79 Å². The molecule has 0 saturated heterocycles. The zero-order chi connectivity index (χ0) is 14.8. The van der Waals surface area contributed by atoms with Crippen LogP contribution in [-0.2, 0) is 6.54 Å². The molecule has 2 aromatic carbocycles. The molecule has 0 bridgehead atoms. The highest BCUT2D eigenvalue weighted by atomic mass is 79.9. The summed E-state index contributed by atoms with van der Waals surface area (Å²) < 4.78 is 11.3. The van der Waals surface area contributed by atoms with Crippen molar-refractivity contribution in [3.05, 3.63) is 52.0 Å². The van der Waals surface area contributed by atoms with E-state index < -0.39 is 5.97 Å². The van der Waals surface area contributed by atoms with Crippen LogP contribution in [0.25, 0.3) is 0 Å². The van der Waals surface area contributed by atoms with Gasteiger partial charge in [-0.3, -0.25) is 0 Å². The third kappa shape index (κ3) is 2.95. The number of anilines is 1. The molecule has 0 fully saturated rings. The topological polar surface area (TPSA) is 67.8 Å². The van der Waals surface area contributed by atoms with E-state index in [2.05, 4.69) is 21.2 Å². The fourth-order valence-corrected chi connectivity index (χ4v) is 2.46. The lowest BCUT2D eigenvalue weighted by atomic mass is 10.1. The minimum atomic E-state index is -0.968. The zero-order valence-corrected chi connectivity index (χ0v) is 12.5. The quantitative estimate of drug-likeness (QED) is 0.884. The van der Waals surface area contributed by atoms with Crippen LogP contribution in [0.4, 0.5) is 5.69 Å². The summed E-state index contributed by atoms with van der Waals surface area (Å²) in [5.41, 5.74) is 1.78. The van der Waals surface area contributed by atoms with Crippen LogP contribution < -0.4 is 14.8 Å². The predicted molar refractivity (Wildman–Crippen MR) is 81.0 cm³/mol. The smallest absolute Gasteiger partial charge is 0.337 e. The van der Waals surface area contributed by atoms with Crippen LogP contribution in [0.15, 0.2) is 40.9 Å². The van der Waals surface area contributed by atoms with Crippen LogP contribution in [0.1, 0.15) is 15.9 Å². The fraction of sp³-hybridized carbons (Fsp3) is 0.133. The molecule has 0 amide bonds. The third-order valence-electron chi connectivity index (χ3n) is 3.13. The van der Waals surface area contributed by atoms with E-state index in [9.17, 15) is 9.90 Å². The molecule has 108 valence electrons. The van der Waals surface area contributed by atoms with E-state index in [1.807, 2.05) is 18.2 Å². The Hall–Kier alpha value is -2.21. The van der Waals surface area contributed by atoms with Gasteiger partial charge in [-0.15, -0.1) is 0 Å². The normalized spacial score (nSPS) is 12.2. The molecule has 0 spiro atoms. The highest BCUT2D eigenvalue weighted by molar-refractivity contribution is 9.10. The van der Waals surface area contributed by atoms with Gasteiger partial charge in [-0.2, -0.15) is 0 Å². The number of benzene rings is 2. The Labute approximate surface area is 129 Å². The second kappa shape index (κ2) is 5.65. The highest BCUT2D eigenvalue weighted by Crippen LogP contribution is 2.32. The lowest BCUT2D eigenvalue weighted by Crippen LogP contribution is -2.06. The number of nitrogens with one attached hydrogen (secondary N) is 1. The van der Waals surface area contributed by atoms with Crippen LogP contribution >= 0.6 is 15.9 Å². The summed E-state index contributed by atoms with van der Waals surface area (Å²) in [5, 5.41) is 12.3. The predicted octanol–water partition coefficient (Wildman–Crippen LogP) is 3.49. The molecule has 0 atom stereocenters. The monoisotopic (exact) mass is 349 g/mol. The van der Waals surface area contributed by atoms with Crippen molar-refractivity contribution in [2.24, 2.45) is 0 Å². The van der Waals surface area contributed by atoms with Gasteiger partial charge in [-0.05, 0) is 35.9 Å². The van der Waals surface area contributed by atoms with Crippen LogP contribution in [-0.4, -0.2) is 17.9 Å². The summed E-state index contributed by atoms with van der Waals surface area (Å²) >= 11 is 3.27. The molecular weight excluding hydrogens is 338 g/mol. The highest BCUT2D eigenvalue weighted by Gasteiger charge is 2.14. The van der Waals surface area contributed by atoms with E-state index in [1.165, 1.54) is 0 Å². The fourth-order valence-electron chi connectivity index (χ4n) is 2.10. The number of hydrogen-bond donors (Lipinski definition) is 2. The van der Waals surface area contributed by atoms with Gasteiger partial charge in [0.05, 0.1) is 5.56 Å². The standard InChI is InChI=1S/C15H12BrNO4/c16-10-2-3-12(11(6-10)15(18)19)17-7-9-1-4-13-14(5-9)21-8-20-13/h1-6,17H,7-8H2,(H,18,19). The molecule has 2 N–H and O–H groups in total. The Bertz CT molecular complexity index is 702. The van der Waals surface area contributed by atoms with Gasteiger partial charge in [0, 0.05) is 16.7 Å². The summed E-state index contributed by atoms with van der Waals surface area (Å²) in [7, 11) is 0. The van der Waals surface area contributed by atoms with E-state index in [-0.39, 0.29) is 12.4 Å². The van der Waals surface area contributed by atoms with Crippen molar-refractivity contribution in [2.75, 3.05) is 12.1 Å². The van der Waals surface area contributed by atoms with E-state index in [4.69, 9.17) is 9.47 Å². The van der Waals surface area contributed by atoms with Crippen LogP contribution in [0.3, 0.4) is 0 Å². The number of carbonyl (C=O) groups is 1. The molecule has 0 aliphatic carbocycles. The van der Waals surface area contributed by atoms with Crippen molar-refractivity contribution in [3.8, 4) is 11.5 Å². The zero-order valence-electron chi connectivity index (χ0n) is 10.9. The second-order valence-electron chi connectivity index (χ2n) is 4.54. The number of aromatic carboxylic acids is 1. The van der Waals surface area contributed by atoms with Gasteiger partial charge in [0.25, 0.3) is 0 Å². The number of hydrogen-bond acceptors (Lipinski definition) is 4. The molecule has 0 unspecified atom stereocenters. The number of ether oxygens (including phenoxy) is 2. The molecule has 3 rings (SSSR count). The second-order valence-corrected chi connectivity index (χ2v) is 5.45. The Morgan fingerprint density at radius 1 is 1.19 bits per heavy atom. The molecular formula is C15H12BrNO4. The van der Waals surface area contributed by atoms with Gasteiger partial charge >= 0.3 is 5.97 Å². The molecule has 1 heterocycles. The third-order valence-corrected chi connectivity index (χ3v) is 3.63. The van der Waals surface area contributed by atoms with Gasteiger partial charge in [-0.1, -0.05) is 22.0 Å². The van der Waals surface area contributed by atoms with Crippen molar-refractivity contribution in [3.63, 3.8) is 0 Å². The van der Waals surface area contributed by atoms with E-state index >= 15 is 0 Å². The molecule has 6 heteroatoms. The molecule has 2 aromatic rings. The molecule has 0 radical (unpaired) electrons. The minimum absolute atomic E-state index is 0.227. The van der Waals surface area contributed by atoms with Gasteiger partial charge in [-0.25, -0.2) is 4.79 Å². The maximum atomic E-state index is 11.2. The first-order chi connectivity index (χ1) is 10.1. The molecule has 1 aliphatic heterocycles. The number of carboxylic acid groups (broad SMARTS) is 1.